The van der Waals surface area contributed by atoms with E-state index in [1.165, 1.54) is 18.4 Å². The second-order valence-electron chi connectivity index (χ2n) is 8.10. The van der Waals surface area contributed by atoms with Gasteiger partial charge >= 0.3 is 0 Å². The lowest BCUT2D eigenvalue weighted by Crippen LogP contribution is -2.43. The highest BCUT2D eigenvalue weighted by Gasteiger charge is 2.36. The van der Waals surface area contributed by atoms with Gasteiger partial charge in [-0.15, -0.1) is 0 Å². The number of benzene rings is 2. The van der Waals surface area contributed by atoms with Crippen molar-refractivity contribution in [3.8, 4) is 0 Å². The Bertz CT molecular complexity index is 982. The first-order valence-corrected chi connectivity index (χ1v) is 10.2. The van der Waals surface area contributed by atoms with Gasteiger partial charge in [0.25, 0.3) is 5.91 Å². The van der Waals surface area contributed by atoms with Crippen molar-refractivity contribution in [2.24, 2.45) is 5.92 Å². The van der Waals surface area contributed by atoms with Gasteiger partial charge in [-0.25, -0.2) is 0 Å². The highest BCUT2D eigenvalue weighted by Crippen LogP contribution is 2.30. The molecule has 1 amide bonds. The van der Waals surface area contributed by atoms with Crippen molar-refractivity contribution in [1.82, 2.24) is 14.8 Å². The number of hydrogen-bond donors (Lipinski definition) is 0. The Balaban J connectivity index is 1.39. The number of amides is 1. The van der Waals surface area contributed by atoms with Crippen molar-refractivity contribution < 1.29 is 4.79 Å². The molecule has 3 aliphatic heterocycles. The van der Waals surface area contributed by atoms with E-state index in [4.69, 9.17) is 0 Å². The molecule has 4 heteroatoms. The van der Waals surface area contributed by atoms with E-state index in [1.54, 1.807) is 6.20 Å². The first-order valence-electron chi connectivity index (χ1n) is 10.2. The molecule has 4 nitrogen and oxygen atoms in total. The molecular formula is C24H25N3O. The molecule has 3 aromatic rings. The molecule has 3 saturated heterocycles. The van der Waals surface area contributed by atoms with Crippen molar-refractivity contribution >= 4 is 16.8 Å². The number of hydrogen-bond acceptors (Lipinski definition) is 3. The van der Waals surface area contributed by atoms with Crippen LogP contribution in [0.4, 0.5) is 0 Å². The quantitative estimate of drug-likeness (QED) is 0.699. The van der Waals surface area contributed by atoms with Crippen LogP contribution in [0.1, 0.15) is 28.8 Å². The fraction of sp³-hybridized carbons (Fsp3) is 0.333. The fourth-order valence-electron chi connectivity index (χ4n) is 4.80. The van der Waals surface area contributed by atoms with Gasteiger partial charge in [0.15, 0.2) is 0 Å². The van der Waals surface area contributed by atoms with Crippen molar-refractivity contribution in [2.45, 2.75) is 25.4 Å². The van der Waals surface area contributed by atoms with Gasteiger partial charge < -0.3 is 4.90 Å². The summed E-state index contributed by atoms with van der Waals surface area (Å²) >= 11 is 0. The maximum absolute atomic E-state index is 13.4. The average Bonchev–Trinajstić information content (AvgIpc) is 3.05. The highest BCUT2D eigenvalue weighted by atomic mass is 16.2. The lowest BCUT2D eigenvalue weighted by atomic mass is 9.94. The van der Waals surface area contributed by atoms with Crippen LogP contribution in [-0.2, 0) is 6.54 Å². The molecule has 0 saturated carbocycles. The largest absolute Gasteiger partial charge is 0.337 e. The normalized spacial score (nSPS) is 22.4. The topological polar surface area (TPSA) is 36.4 Å². The van der Waals surface area contributed by atoms with E-state index in [1.807, 2.05) is 30.3 Å². The zero-order chi connectivity index (χ0) is 18.9. The van der Waals surface area contributed by atoms with Gasteiger partial charge in [0.1, 0.15) is 0 Å². The number of para-hydroxylation sites is 1. The number of pyridine rings is 1. The molecule has 2 aromatic carbocycles. The van der Waals surface area contributed by atoms with E-state index >= 15 is 0 Å². The van der Waals surface area contributed by atoms with Gasteiger partial charge in [0.2, 0.25) is 0 Å². The van der Waals surface area contributed by atoms with Crippen molar-refractivity contribution in [3.05, 3.63) is 78.0 Å². The third-order valence-corrected chi connectivity index (χ3v) is 6.21. The third-order valence-electron chi connectivity index (χ3n) is 6.21. The molecule has 1 aromatic heterocycles. The predicted octanol–water partition coefficient (Wildman–Crippen LogP) is 3.97. The molecule has 3 fully saturated rings. The average molecular weight is 371 g/mol. The molecule has 4 heterocycles. The standard InChI is InChI=1S/C24H25N3O/c28-24(22-10-4-8-20-9-5-13-25-23(20)22)27-16-19-11-12-21(17-27)26(15-19)14-18-6-2-1-3-7-18/h1-10,13,19,21H,11-12,14-17H2/t19-,21-/m1/s1. The van der Waals surface area contributed by atoms with Gasteiger partial charge in [-0.3, -0.25) is 14.7 Å². The first kappa shape index (κ1) is 17.4. The molecular weight excluding hydrogens is 346 g/mol. The number of nitrogens with zero attached hydrogens (tertiary/aromatic N) is 3. The molecule has 2 atom stereocenters. The third kappa shape index (κ3) is 3.29. The summed E-state index contributed by atoms with van der Waals surface area (Å²) in [5.41, 5.74) is 2.90. The van der Waals surface area contributed by atoms with Crippen LogP contribution in [0.3, 0.4) is 0 Å². The number of carbonyl (C=O) groups excluding carboxylic acids is 1. The maximum atomic E-state index is 13.4. The summed E-state index contributed by atoms with van der Waals surface area (Å²) in [5, 5.41) is 1.02. The van der Waals surface area contributed by atoms with E-state index in [2.05, 4.69) is 45.1 Å². The van der Waals surface area contributed by atoms with Gasteiger partial charge in [0, 0.05) is 43.8 Å². The van der Waals surface area contributed by atoms with Crippen molar-refractivity contribution in [1.29, 1.82) is 0 Å². The summed E-state index contributed by atoms with van der Waals surface area (Å²) < 4.78 is 0. The smallest absolute Gasteiger partial charge is 0.256 e. The van der Waals surface area contributed by atoms with E-state index in [0.717, 1.165) is 42.6 Å². The molecule has 142 valence electrons. The summed E-state index contributed by atoms with van der Waals surface area (Å²) in [6, 6.07) is 21.0. The van der Waals surface area contributed by atoms with E-state index in [9.17, 15) is 4.79 Å². The molecule has 0 spiro atoms. The van der Waals surface area contributed by atoms with Crippen molar-refractivity contribution in [3.63, 3.8) is 0 Å². The molecule has 0 aliphatic carbocycles. The van der Waals surface area contributed by atoms with Crippen LogP contribution in [0.5, 0.6) is 0 Å². The second-order valence-corrected chi connectivity index (χ2v) is 8.10. The molecule has 0 N–H and O–H groups in total. The van der Waals surface area contributed by atoms with Crippen LogP contribution in [0, 0.1) is 5.92 Å². The Kier molecular flexibility index (Phi) is 4.57. The number of rotatable bonds is 3. The van der Waals surface area contributed by atoms with E-state index in [0.29, 0.717) is 12.0 Å². The predicted molar refractivity (Wildman–Crippen MR) is 111 cm³/mol. The SMILES string of the molecule is O=C(c1cccc2cccnc12)N1C[C@@H]2CC[C@H](C1)N(Cc1ccccc1)C2. The Morgan fingerprint density at radius 1 is 0.929 bits per heavy atom. The van der Waals surface area contributed by atoms with Crippen LogP contribution in [-0.4, -0.2) is 46.4 Å². The van der Waals surface area contributed by atoms with Crippen LogP contribution >= 0.6 is 0 Å². The van der Waals surface area contributed by atoms with Gasteiger partial charge in [0.05, 0.1) is 11.1 Å². The maximum Gasteiger partial charge on any atom is 0.256 e. The minimum Gasteiger partial charge on any atom is -0.337 e. The van der Waals surface area contributed by atoms with Gasteiger partial charge in [-0.05, 0) is 36.5 Å². The van der Waals surface area contributed by atoms with Crippen molar-refractivity contribution in [2.75, 3.05) is 19.6 Å². The summed E-state index contributed by atoms with van der Waals surface area (Å²) in [6.45, 7) is 3.71. The van der Waals surface area contributed by atoms with Crippen LogP contribution in [0.25, 0.3) is 10.9 Å². The van der Waals surface area contributed by atoms with Gasteiger partial charge in [-0.1, -0.05) is 48.5 Å². The lowest BCUT2D eigenvalue weighted by Gasteiger charge is -2.36. The minimum absolute atomic E-state index is 0.128. The zero-order valence-corrected chi connectivity index (χ0v) is 16.0. The van der Waals surface area contributed by atoms with Crippen LogP contribution in [0.2, 0.25) is 0 Å². The van der Waals surface area contributed by atoms with E-state index < -0.39 is 0 Å². The summed E-state index contributed by atoms with van der Waals surface area (Å²) in [7, 11) is 0. The summed E-state index contributed by atoms with van der Waals surface area (Å²) in [6.07, 6.45) is 4.16. The molecule has 3 aliphatic rings. The first-order chi connectivity index (χ1) is 13.8. The second kappa shape index (κ2) is 7.36. The lowest BCUT2D eigenvalue weighted by molar-refractivity contribution is 0.0737. The highest BCUT2D eigenvalue weighted by molar-refractivity contribution is 6.05. The molecule has 0 radical (unpaired) electrons. The molecule has 2 bridgehead atoms. The Morgan fingerprint density at radius 2 is 1.79 bits per heavy atom. The van der Waals surface area contributed by atoms with E-state index in [-0.39, 0.29) is 5.91 Å². The minimum atomic E-state index is 0.128. The Morgan fingerprint density at radius 3 is 2.68 bits per heavy atom. The number of carbonyl (C=O) groups is 1. The summed E-state index contributed by atoms with van der Waals surface area (Å²) in [5.74, 6) is 0.678. The Labute approximate surface area is 165 Å². The van der Waals surface area contributed by atoms with Crippen LogP contribution < -0.4 is 0 Å². The number of fused-ring (bicyclic) bond motifs is 5. The zero-order valence-electron chi connectivity index (χ0n) is 16.0. The van der Waals surface area contributed by atoms with Gasteiger partial charge in [-0.2, -0.15) is 0 Å². The number of aromatic nitrogens is 1. The molecule has 28 heavy (non-hydrogen) atoms. The fourth-order valence-corrected chi connectivity index (χ4v) is 4.80. The molecule has 6 rings (SSSR count). The van der Waals surface area contributed by atoms with Crippen LogP contribution in [0.15, 0.2) is 66.9 Å². The summed E-state index contributed by atoms with van der Waals surface area (Å²) in [4.78, 5) is 22.6. The Hall–Kier alpha value is -2.72. The molecule has 0 unspecified atom stereocenters. The monoisotopic (exact) mass is 371 g/mol. The number of piperidine rings is 1.